The van der Waals surface area contributed by atoms with Crippen LogP contribution >= 0.6 is 67.4 Å². The molecule has 0 aromatic heterocycles. The minimum atomic E-state index is -1.05. The average Bonchev–Trinajstić information content (AvgIpc) is 2.72. The van der Waals surface area contributed by atoms with Crippen molar-refractivity contribution in [3.63, 3.8) is 0 Å². The van der Waals surface area contributed by atoms with E-state index in [0.717, 1.165) is 35.5 Å². The van der Waals surface area contributed by atoms with Crippen molar-refractivity contribution in [2.75, 3.05) is 0 Å². The summed E-state index contributed by atoms with van der Waals surface area (Å²) >= 11 is 26.2. The highest BCUT2D eigenvalue weighted by atomic mass is 35.5. The standard InChI is InChI=1S/C27H32Cl4O2S2/c1-27(2)32-25-17(11-19(28)13-21(25)30)15-34(3)23-9-7-5-6-8-10-24(23)35(4)16-18-12-20(29)14-22(31)26(18)33-27/h11-14,23-24H,3-10,15-16H2,1-2H3. The van der Waals surface area contributed by atoms with Crippen LogP contribution in [0.3, 0.4) is 0 Å². The minimum Gasteiger partial charge on any atom is -0.451 e. The Balaban J connectivity index is 1.88. The van der Waals surface area contributed by atoms with Crippen LogP contribution in [0.1, 0.15) is 63.5 Å². The van der Waals surface area contributed by atoms with Gasteiger partial charge in [0.1, 0.15) is 11.5 Å². The molecule has 2 nitrogen and oxygen atoms in total. The van der Waals surface area contributed by atoms with Gasteiger partial charge in [-0.15, -0.1) is 0 Å². The first-order valence-corrected chi connectivity index (χ1v) is 16.6. The van der Waals surface area contributed by atoms with E-state index in [9.17, 15) is 0 Å². The van der Waals surface area contributed by atoms with E-state index in [1.807, 2.05) is 26.0 Å². The van der Waals surface area contributed by atoms with Crippen molar-refractivity contribution in [3.8, 4) is 11.5 Å². The highest BCUT2D eigenvalue weighted by Gasteiger charge is 2.32. The van der Waals surface area contributed by atoms with Gasteiger partial charge in [0.25, 0.3) is 0 Å². The fourth-order valence-electron chi connectivity index (χ4n) is 4.98. The van der Waals surface area contributed by atoms with Gasteiger partial charge >= 0.3 is 0 Å². The Labute approximate surface area is 234 Å². The third kappa shape index (κ3) is 6.75. The summed E-state index contributed by atoms with van der Waals surface area (Å²) in [5.41, 5.74) is 1.92. The van der Waals surface area contributed by atoms with Crippen LogP contribution in [0.4, 0.5) is 0 Å². The lowest BCUT2D eigenvalue weighted by molar-refractivity contribution is -0.0817. The Morgan fingerprint density at radius 1 is 0.714 bits per heavy atom. The molecule has 1 fully saturated rings. The predicted octanol–water partition coefficient (Wildman–Crippen LogP) is 10.0. The summed E-state index contributed by atoms with van der Waals surface area (Å²) in [7, 11) is -0.310. The Hall–Kier alpha value is -0.360. The molecule has 2 aromatic rings. The molecule has 1 saturated carbocycles. The van der Waals surface area contributed by atoms with Gasteiger partial charge in [0.05, 0.1) is 10.0 Å². The molecule has 0 radical (unpaired) electrons. The zero-order valence-corrected chi connectivity index (χ0v) is 24.8. The van der Waals surface area contributed by atoms with Crippen LogP contribution in [0.15, 0.2) is 24.3 Å². The van der Waals surface area contributed by atoms with Crippen LogP contribution in [-0.4, -0.2) is 28.0 Å². The third-order valence-electron chi connectivity index (χ3n) is 6.55. The predicted molar refractivity (Wildman–Crippen MR) is 160 cm³/mol. The van der Waals surface area contributed by atoms with Crippen LogP contribution in [-0.2, 0) is 11.5 Å². The zero-order valence-electron chi connectivity index (χ0n) is 20.2. The fraction of sp³-hybridized carbons (Fsp3) is 0.481. The molecule has 4 atom stereocenters. The van der Waals surface area contributed by atoms with Gasteiger partial charge in [-0.3, -0.25) is 0 Å². The first-order chi connectivity index (χ1) is 16.5. The first-order valence-electron chi connectivity index (χ1n) is 11.9. The van der Waals surface area contributed by atoms with Crippen LogP contribution in [0.25, 0.3) is 0 Å². The molecule has 2 aliphatic rings. The molecule has 0 bridgehead atoms. The van der Waals surface area contributed by atoms with Crippen LogP contribution in [0.5, 0.6) is 11.5 Å². The quantitative estimate of drug-likeness (QED) is 0.283. The fourth-order valence-corrected chi connectivity index (χ4v) is 10.9. The number of rotatable bonds is 0. The summed E-state index contributed by atoms with van der Waals surface area (Å²) in [6.45, 7) is 3.72. The SMILES string of the molecule is C=S1Cc2cc(Cl)cc(Cl)c2OC(C)(C)Oc2c(Cl)cc(Cl)cc2CS(=C)C2CCCCCCC21. The summed E-state index contributed by atoms with van der Waals surface area (Å²) in [5, 5.41) is 3.04. The van der Waals surface area contributed by atoms with Gasteiger partial charge in [0, 0.05) is 57.0 Å². The van der Waals surface area contributed by atoms with E-state index in [1.54, 1.807) is 12.1 Å². The van der Waals surface area contributed by atoms with E-state index in [-0.39, 0.29) is 21.0 Å². The monoisotopic (exact) mass is 592 g/mol. The number of halogens is 4. The number of hydrogen-bond acceptors (Lipinski definition) is 2. The van der Waals surface area contributed by atoms with Crippen molar-refractivity contribution in [1.29, 1.82) is 0 Å². The van der Waals surface area contributed by atoms with Gasteiger partial charge in [0.2, 0.25) is 5.79 Å². The lowest BCUT2D eigenvalue weighted by Gasteiger charge is -2.34. The van der Waals surface area contributed by atoms with Crippen molar-refractivity contribution in [3.05, 3.63) is 55.5 Å². The number of ether oxygens (including phenoxy) is 2. The summed E-state index contributed by atoms with van der Waals surface area (Å²) < 4.78 is 12.9. The number of hydrogen-bond donors (Lipinski definition) is 0. The molecule has 0 amide bonds. The summed E-state index contributed by atoms with van der Waals surface area (Å²) in [6, 6.07) is 7.33. The summed E-state index contributed by atoms with van der Waals surface area (Å²) in [4.78, 5) is 0. The normalized spacial score (nSPS) is 27.1. The van der Waals surface area contributed by atoms with Crippen molar-refractivity contribution in [1.82, 2.24) is 0 Å². The molecule has 2 aromatic carbocycles. The topological polar surface area (TPSA) is 18.5 Å². The molecule has 4 unspecified atom stereocenters. The molecule has 1 aliphatic carbocycles. The summed E-state index contributed by atoms with van der Waals surface area (Å²) in [5.74, 6) is 11.0. The molecule has 1 heterocycles. The maximum absolute atomic E-state index is 6.67. The highest BCUT2D eigenvalue weighted by molar-refractivity contribution is 8.17. The maximum atomic E-state index is 6.67. The van der Waals surface area contributed by atoms with Crippen LogP contribution in [0.2, 0.25) is 20.1 Å². The Kier molecular flexibility index (Phi) is 9.15. The van der Waals surface area contributed by atoms with Gasteiger partial charge < -0.3 is 9.47 Å². The molecule has 4 rings (SSSR count). The second-order valence-corrected chi connectivity index (χ2v) is 15.4. The maximum Gasteiger partial charge on any atom is 0.245 e. The third-order valence-corrected chi connectivity index (χ3v) is 11.9. The van der Waals surface area contributed by atoms with Gasteiger partial charge in [-0.1, -0.05) is 83.8 Å². The van der Waals surface area contributed by atoms with Gasteiger partial charge in [0.15, 0.2) is 0 Å². The van der Waals surface area contributed by atoms with E-state index < -0.39 is 5.79 Å². The highest BCUT2D eigenvalue weighted by Crippen LogP contribution is 2.47. The molecule has 1 aliphatic heterocycles. The first kappa shape index (κ1) is 27.7. The van der Waals surface area contributed by atoms with Crippen molar-refractivity contribution >= 4 is 79.1 Å². The molecule has 35 heavy (non-hydrogen) atoms. The van der Waals surface area contributed by atoms with E-state index in [2.05, 4.69) is 0 Å². The molecular formula is C27H32Cl4O2S2. The minimum absolute atomic E-state index is 0.155. The Morgan fingerprint density at radius 3 is 1.51 bits per heavy atom. The molecule has 0 saturated heterocycles. The lowest BCUT2D eigenvalue weighted by atomic mass is 10.00. The molecule has 192 valence electrons. The number of benzene rings is 2. The average molecular weight is 594 g/mol. The zero-order chi connectivity index (χ0) is 25.3. The number of fused-ring (bicyclic) bond motifs is 3. The van der Waals surface area contributed by atoms with Gasteiger partial charge in [-0.25, -0.2) is 0 Å². The van der Waals surface area contributed by atoms with Crippen molar-refractivity contribution < 1.29 is 9.47 Å². The van der Waals surface area contributed by atoms with E-state index in [1.165, 1.54) is 25.7 Å². The Morgan fingerprint density at radius 2 is 1.11 bits per heavy atom. The molecule has 8 heteroatoms. The van der Waals surface area contributed by atoms with Crippen molar-refractivity contribution in [2.45, 2.75) is 80.2 Å². The van der Waals surface area contributed by atoms with E-state index in [0.29, 0.717) is 42.1 Å². The van der Waals surface area contributed by atoms with Crippen LogP contribution < -0.4 is 9.47 Å². The second kappa shape index (κ2) is 11.6. The van der Waals surface area contributed by atoms with E-state index in [4.69, 9.17) is 67.6 Å². The van der Waals surface area contributed by atoms with Gasteiger partial charge in [-0.2, -0.15) is 21.0 Å². The molecule has 0 N–H and O–H groups in total. The second-order valence-electron chi connectivity index (χ2n) is 9.79. The molecular weight excluding hydrogens is 562 g/mol. The largest absolute Gasteiger partial charge is 0.451 e. The van der Waals surface area contributed by atoms with E-state index >= 15 is 0 Å². The smallest absolute Gasteiger partial charge is 0.245 e. The van der Waals surface area contributed by atoms with Crippen LogP contribution in [0, 0.1) is 0 Å². The lowest BCUT2D eigenvalue weighted by Crippen LogP contribution is -2.36. The molecule has 0 spiro atoms. The van der Waals surface area contributed by atoms with Gasteiger partial charge in [-0.05, 0) is 37.1 Å². The van der Waals surface area contributed by atoms with Crippen molar-refractivity contribution in [2.24, 2.45) is 0 Å². The Bertz CT molecular complexity index is 1060. The summed E-state index contributed by atoms with van der Waals surface area (Å²) in [6.07, 6.45) is 7.32.